The average Bonchev–Trinajstić information content (AvgIpc) is 3.40. The summed E-state index contributed by atoms with van der Waals surface area (Å²) in [7, 11) is 0. The molecule has 2 saturated heterocycles. The van der Waals surface area contributed by atoms with Gasteiger partial charge in [0, 0.05) is 22.2 Å². The molecular formula is C26H22ClNO5. The standard InChI is InChI=1S/C26H22ClNO5/c27-15-8-6-7-14(13-15)21-19-20(25(32)28(24(19)31)16-9-2-1-3-10-16)26(33-21)22(29)17-11-4-5-12-18(17)23(26)30/h4-8,11-13,16,19-21H,1-3,9-10H2/t19-,20+,21-/m0/s1. The Morgan fingerprint density at radius 3 is 2.15 bits per heavy atom. The van der Waals surface area contributed by atoms with E-state index in [4.69, 9.17) is 16.3 Å². The number of ketones is 2. The van der Waals surface area contributed by atoms with E-state index in [0.717, 1.165) is 32.1 Å². The van der Waals surface area contributed by atoms with Crippen molar-refractivity contribution in [3.05, 3.63) is 70.2 Å². The number of amides is 2. The van der Waals surface area contributed by atoms with E-state index in [9.17, 15) is 19.2 Å². The molecule has 2 aromatic carbocycles. The molecule has 0 unspecified atom stereocenters. The van der Waals surface area contributed by atoms with Crippen LogP contribution in [0.25, 0.3) is 0 Å². The Labute approximate surface area is 195 Å². The van der Waals surface area contributed by atoms with Crippen LogP contribution in [0.4, 0.5) is 0 Å². The summed E-state index contributed by atoms with van der Waals surface area (Å²) in [5.41, 5.74) is -0.955. The maximum atomic E-state index is 13.8. The number of carbonyl (C=O) groups excluding carboxylic acids is 4. The first kappa shape index (κ1) is 20.8. The number of nitrogens with zero attached hydrogens (tertiary/aromatic N) is 1. The van der Waals surface area contributed by atoms with E-state index in [0.29, 0.717) is 10.6 Å². The molecule has 1 spiro atoms. The zero-order chi connectivity index (χ0) is 22.9. The van der Waals surface area contributed by atoms with Crippen molar-refractivity contribution < 1.29 is 23.9 Å². The molecule has 0 aromatic heterocycles. The van der Waals surface area contributed by atoms with Gasteiger partial charge in [0.25, 0.3) is 0 Å². The number of hydrogen-bond donors (Lipinski definition) is 0. The number of carbonyl (C=O) groups is 4. The highest BCUT2D eigenvalue weighted by Crippen LogP contribution is 2.58. The third-order valence-electron chi connectivity index (χ3n) is 7.67. The van der Waals surface area contributed by atoms with Crippen LogP contribution in [0, 0.1) is 11.8 Å². The van der Waals surface area contributed by atoms with Crippen LogP contribution in [-0.2, 0) is 14.3 Å². The Balaban J connectivity index is 1.51. The fourth-order valence-corrected chi connectivity index (χ4v) is 6.42. The fourth-order valence-electron chi connectivity index (χ4n) is 6.22. The molecule has 33 heavy (non-hydrogen) atoms. The third kappa shape index (κ3) is 2.71. The first-order chi connectivity index (χ1) is 15.9. The van der Waals surface area contributed by atoms with Crippen molar-refractivity contribution in [1.82, 2.24) is 4.90 Å². The van der Waals surface area contributed by atoms with Gasteiger partial charge >= 0.3 is 0 Å². The Morgan fingerprint density at radius 2 is 1.52 bits per heavy atom. The molecule has 2 aliphatic carbocycles. The number of rotatable bonds is 2. The predicted octanol–water partition coefficient (Wildman–Crippen LogP) is 4.16. The lowest BCUT2D eigenvalue weighted by atomic mass is 9.77. The van der Waals surface area contributed by atoms with Crippen molar-refractivity contribution in [2.75, 3.05) is 0 Å². The minimum Gasteiger partial charge on any atom is -0.349 e. The molecule has 3 fully saturated rings. The second-order valence-corrected chi connectivity index (χ2v) is 9.81. The first-order valence-corrected chi connectivity index (χ1v) is 11.8. The molecule has 0 N–H and O–H groups in total. The van der Waals surface area contributed by atoms with Crippen LogP contribution in [-0.4, -0.2) is 39.9 Å². The number of hydrogen-bond acceptors (Lipinski definition) is 5. The van der Waals surface area contributed by atoms with Gasteiger partial charge in [0.15, 0.2) is 0 Å². The highest BCUT2D eigenvalue weighted by Gasteiger charge is 2.75. The van der Waals surface area contributed by atoms with Crippen molar-refractivity contribution in [3.8, 4) is 0 Å². The van der Waals surface area contributed by atoms with Crippen LogP contribution in [0.15, 0.2) is 48.5 Å². The van der Waals surface area contributed by atoms with Gasteiger partial charge in [-0.2, -0.15) is 0 Å². The van der Waals surface area contributed by atoms with E-state index in [1.807, 2.05) is 0 Å². The molecule has 2 heterocycles. The number of fused-ring (bicyclic) bond motifs is 3. The van der Waals surface area contributed by atoms with Crippen LogP contribution < -0.4 is 0 Å². The minimum atomic E-state index is -2.02. The van der Waals surface area contributed by atoms with Gasteiger partial charge in [-0.25, -0.2) is 0 Å². The third-order valence-corrected chi connectivity index (χ3v) is 7.91. The summed E-state index contributed by atoms with van der Waals surface area (Å²) in [4.78, 5) is 56.3. The minimum absolute atomic E-state index is 0.199. The van der Waals surface area contributed by atoms with Gasteiger partial charge in [0.05, 0.1) is 17.9 Å². The lowest BCUT2D eigenvalue weighted by Crippen LogP contribution is -2.52. The van der Waals surface area contributed by atoms with Gasteiger partial charge in [-0.3, -0.25) is 24.1 Å². The number of benzene rings is 2. The van der Waals surface area contributed by atoms with Crippen LogP contribution >= 0.6 is 11.6 Å². The summed E-state index contributed by atoms with van der Waals surface area (Å²) in [6.45, 7) is 0. The molecule has 2 amide bonds. The molecule has 1 saturated carbocycles. The molecule has 0 bridgehead atoms. The fraction of sp³-hybridized carbons (Fsp3) is 0.385. The predicted molar refractivity (Wildman–Crippen MR) is 119 cm³/mol. The Kier molecular flexibility index (Phi) is 4.61. The van der Waals surface area contributed by atoms with E-state index < -0.39 is 41.0 Å². The maximum absolute atomic E-state index is 13.8. The molecule has 0 radical (unpaired) electrons. The zero-order valence-corrected chi connectivity index (χ0v) is 18.6. The first-order valence-electron chi connectivity index (χ1n) is 11.4. The van der Waals surface area contributed by atoms with Crippen molar-refractivity contribution in [2.45, 2.75) is 49.9 Å². The molecule has 7 heteroatoms. The highest BCUT2D eigenvalue weighted by atomic mass is 35.5. The van der Waals surface area contributed by atoms with Crippen molar-refractivity contribution in [1.29, 1.82) is 0 Å². The van der Waals surface area contributed by atoms with Gasteiger partial charge in [-0.1, -0.05) is 67.3 Å². The Bertz CT molecular complexity index is 1180. The quantitative estimate of drug-likeness (QED) is 0.493. The molecule has 2 aromatic rings. The van der Waals surface area contributed by atoms with Gasteiger partial charge in [0.2, 0.25) is 29.0 Å². The smallest absolute Gasteiger partial charge is 0.237 e. The summed E-state index contributed by atoms with van der Waals surface area (Å²) < 4.78 is 6.28. The second-order valence-electron chi connectivity index (χ2n) is 9.37. The van der Waals surface area contributed by atoms with Crippen molar-refractivity contribution in [2.24, 2.45) is 11.8 Å². The van der Waals surface area contributed by atoms with E-state index in [-0.39, 0.29) is 23.1 Å². The number of Topliss-reactive ketones (excluding diaryl/α,β-unsaturated/α-hetero) is 2. The average molecular weight is 464 g/mol. The number of imide groups is 1. The van der Waals surface area contributed by atoms with E-state index in [2.05, 4.69) is 0 Å². The number of likely N-dealkylation sites (tertiary alicyclic amines) is 1. The van der Waals surface area contributed by atoms with Gasteiger partial charge in [-0.15, -0.1) is 0 Å². The van der Waals surface area contributed by atoms with Crippen LogP contribution in [0.2, 0.25) is 5.02 Å². The molecule has 3 atom stereocenters. The zero-order valence-electron chi connectivity index (χ0n) is 17.8. The lowest BCUT2D eigenvalue weighted by molar-refractivity contribution is -0.148. The van der Waals surface area contributed by atoms with Gasteiger partial charge < -0.3 is 4.74 Å². The summed E-state index contributed by atoms with van der Waals surface area (Å²) in [6.07, 6.45) is 3.54. The second kappa shape index (κ2) is 7.34. The lowest BCUT2D eigenvalue weighted by Gasteiger charge is -2.33. The SMILES string of the molecule is O=C1[C@@H]2[C@H](c3cccc(Cl)c3)OC3(C(=O)c4ccccc4C3=O)[C@H]2C(=O)N1C1CCCCC1. The number of halogens is 1. The van der Waals surface area contributed by atoms with Gasteiger partial charge in [0.1, 0.15) is 0 Å². The van der Waals surface area contributed by atoms with E-state index in [1.54, 1.807) is 48.5 Å². The van der Waals surface area contributed by atoms with Crippen molar-refractivity contribution in [3.63, 3.8) is 0 Å². The summed E-state index contributed by atoms with van der Waals surface area (Å²) >= 11 is 6.21. The van der Waals surface area contributed by atoms with Gasteiger partial charge in [-0.05, 0) is 30.5 Å². The van der Waals surface area contributed by atoms with Crippen LogP contribution in [0.3, 0.4) is 0 Å². The Hall–Kier alpha value is -2.83. The van der Waals surface area contributed by atoms with E-state index >= 15 is 0 Å². The molecule has 168 valence electrons. The molecule has 2 aliphatic heterocycles. The molecule has 4 aliphatic rings. The summed E-state index contributed by atoms with van der Waals surface area (Å²) in [5, 5.41) is 0.446. The van der Waals surface area contributed by atoms with Crippen molar-refractivity contribution >= 4 is 35.0 Å². The topological polar surface area (TPSA) is 80.8 Å². The highest BCUT2D eigenvalue weighted by molar-refractivity contribution is 6.35. The summed E-state index contributed by atoms with van der Waals surface area (Å²) in [5.74, 6) is -4.00. The number of ether oxygens (including phenoxy) is 1. The Morgan fingerprint density at radius 1 is 0.848 bits per heavy atom. The van der Waals surface area contributed by atoms with E-state index in [1.165, 1.54) is 4.90 Å². The monoisotopic (exact) mass is 463 g/mol. The largest absolute Gasteiger partial charge is 0.349 e. The van der Waals surface area contributed by atoms with Crippen LogP contribution in [0.1, 0.15) is 64.5 Å². The maximum Gasteiger partial charge on any atom is 0.237 e. The molecule has 6 nitrogen and oxygen atoms in total. The molecule has 6 rings (SSSR count). The summed E-state index contributed by atoms with van der Waals surface area (Å²) in [6, 6.07) is 13.2. The normalized spacial score (nSPS) is 28.6. The molecular weight excluding hydrogens is 442 g/mol. The van der Waals surface area contributed by atoms with Crippen LogP contribution in [0.5, 0.6) is 0 Å².